The highest BCUT2D eigenvalue weighted by Crippen LogP contribution is 2.31. The van der Waals surface area contributed by atoms with Gasteiger partial charge in [0.25, 0.3) is 0 Å². The first-order valence-electron chi connectivity index (χ1n) is 10.1. The zero-order valence-electron chi connectivity index (χ0n) is 16.9. The van der Waals surface area contributed by atoms with Gasteiger partial charge in [0.2, 0.25) is 0 Å². The van der Waals surface area contributed by atoms with E-state index in [0.29, 0.717) is 54.3 Å². The third-order valence-corrected chi connectivity index (χ3v) is 4.98. The fraction of sp³-hybridized carbons (Fsp3) is 0.240. The maximum atomic E-state index is 12.5. The number of rotatable bonds is 8. The Morgan fingerprint density at radius 3 is 2.67 bits per heavy atom. The van der Waals surface area contributed by atoms with Crippen LogP contribution in [0.4, 0.5) is 0 Å². The normalized spacial score (nSPS) is 11.1. The molecule has 4 aromatic rings. The van der Waals surface area contributed by atoms with E-state index in [0.717, 1.165) is 16.3 Å². The summed E-state index contributed by atoms with van der Waals surface area (Å²) in [6.07, 6.45) is 1.33. The summed E-state index contributed by atoms with van der Waals surface area (Å²) < 4.78 is 17.7. The Hall–Kier alpha value is -3.31. The lowest BCUT2D eigenvalue weighted by Crippen LogP contribution is -2.06. The minimum atomic E-state index is -0.147. The largest absolute Gasteiger partial charge is 0.493 e. The van der Waals surface area contributed by atoms with Crippen molar-refractivity contribution in [3.8, 4) is 11.5 Å². The summed E-state index contributed by atoms with van der Waals surface area (Å²) in [5.74, 6) is 1.54. The summed E-state index contributed by atoms with van der Waals surface area (Å²) in [5.41, 5.74) is 1.36. The first-order valence-corrected chi connectivity index (χ1v) is 10.1. The van der Waals surface area contributed by atoms with Crippen LogP contribution in [-0.4, -0.2) is 18.3 Å². The van der Waals surface area contributed by atoms with Crippen molar-refractivity contribution in [2.24, 2.45) is 0 Å². The Kier molecular flexibility index (Phi) is 6.00. The molecule has 0 saturated carbocycles. The molecule has 0 aliphatic heterocycles. The number of aliphatic hydroxyl groups is 1. The molecule has 0 unspecified atom stereocenters. The lowest BCUT2D eigenvalue weighted by molar-refractivity contribution is 0.253. The van der Waals surface area contributed by atoms with E-state index in [2.05, 4.69) is 18.2 Å². The van der Waals surface area contributed by atoms with Crippen LogP contribution in [0.15, 0.2) is 69.9 Å². The smallest absolute Gasteiger partial charge is 0.196 e. The molecule has 30 heavy (non-hydrogen) atoms. The Labute approximate surface area is 174 Å². The van der Waals surface area contributed by atoms with Crippen LogP contribution in [-0.2, 0) is 6.61 Å². The van der Waals surface area contributed by atoms with E-state index in [1.807, 2.05) is 24.3 Å². The van der Waals surface area contributed by atoms with Gasteiger partial charge in [0.1, 0.15) is 34.8 Å². The van der Waals surface area contributed by atoms with Crippen LogP contribution in [0.25, 0.3) is 21.7 Å². The molecule has 0 saturated heterocycles. The van der Waals surface area contributed by atoms with Gasteiger partial charge >= 0.3 is 0 Å². The van der Waals surface area contributed by atoms with Gasteiger partial charge in [-0.15, -0.1) is 0 Å². The van der Waals surface area contributed by atoms with Crippen molar-refractivity contribution in [3.05, 3.63) is 82.2 Å². The van der Waals surface area contributed by atoms with Gasteiger partial charge in [0, 0.05) is 24.8 Å². The zero-order chi connectivity index (χ0) is 20.9. The van der Waals surface area contributed by atoms with E-state index >= 15 is 0 Å². The van der Waals surface area contributed by atoms with Crippen molar-refractivity contribution in [1.82, 2.24) is 0 Å². The SMILES string of the molecule is Cc1cc(=O)c2c(OCCCCO)cc(OCc3cccc4ccccc34)cc2o1. The van der Waals surface area contributed by atoms with Crippen LogP contribution in [0, 0.1) is 6.92 Å². The van der Waals surface area contributed by atoms with E-state index in [1.54, 1.807) is 19.1 Å². The first kappa shape index (κ1) is 20.0. The van der Waals surface area contributed by atoms with Crippen molar-refractivity contribution in [2.75, 3.05) is 13.2 Å². The van der Waals surface area contributed by atoms with Gasteiger partial charge in [-0.1, -0.05) is 42.5 Å². The quantitative estimate of drug-likeness (QED) is 0.419. The lowest BCUT2D eigenvalue weighted by Gasteiger charge is -2.13. The second-order valence-electron chi connectivity index (χ2n) is 7.22. The Bertz CT molecular complexity index is 1220. The van der Waals surface area contributed by atoms with Crippen LogP contribution in [0.1, 0.15) is 24.2 Å². The van der Waals surface area contributed by atoms with E-state index < -0.39 is 0 Å². The second-order valence-corrected chi connectivity index (χ2v) is 7.22. The van der Waals surface area contributed by atoms with Crippen molar-refractivity contribution < 1.29 is 19.0 Å². The van der Waals surface area contributed by atoms with E-state index in [9.17, 15) is 4.79 Å². The van der Waals surface area contributed by atoms with E-state index in [-0.39, 0.29) is 12.0 Å². The molecule has 0 spiro atoms. The Morgan fingerprint density at radius 1 is 0.967 bits per heavy atom. The standard InChI is InChI=1S/C25H24O5/c1-17-13-22(27)25-23(28-12-5-4-11-26)14-20(15-24(25)30-17)29-16-19-9-6-8-18-7-2-3-10-21(18)19/h2-3,6-10,13-15,26H,4-5,11-12,16H2,1H3. The highest BCUT2D eigenvalue weighted by Gasteiger charge is 2.13. The number of hydrogen-bond donors (Lipinski definition) is 1. The molecule has 1 aromatic heterocycles. The monoisotopic (exact) mass is 404 g/mol. The summed E-state index contributed by atoms with van der Waals surface area (Å²) in [6, 6.07) is 19.2. The van der Waals surface area contributed by atoms with Gasteiger partial charge in [-0.05, 0) is 36.1 Å². The van der Waals surface area contributed by atoms with Crippen molar-refractivity contribution >= 4 is 21.7 Å². The first-order chi connectivity index (χ1) is 14.7. The summed E-state index contributed by atoms with van der Waals surface area (Å²) in [6.45, 7) is 2.63. The molecule has 3 aromatic carbocycles. The molecule has 0 bridgehead atoms. The number of unbranched alkanes of at least 4 members (excludes halogenated alkanes) is 1. The molecule has 154 valence electrons. The van der Waals surface area contributed by atoms with Gasteiger partial charge in [-0.3, -0.25) is 4.79 Å². The van der Waals surface area contributed by atoms with Crippen molar-refractivity contribution in [3.63, 3.8) is 0 Å². The summed E-state index contributed by atoms with van der Waals surface area (Å²) >= 11 is 0. The number of ether oxygens (including phenoxy) is 2. The van der Waals surface area contributed by atoms with Crippen LogP contribution in [0.3, 0.4) is 0 Å². The fourth-order valence-corrected chi connectivity index (χ4v) is 3.52. The van der Waals surface area contributed by atoms with Gasteiger partial charge < -0.3 is 19.0 Å². The number of hydrogen-bond acceptors (Lipinski definition) is 5. The predicted molar refractivity (Wildman–Crippen MR) is 117 cm³/mol. The fourth-order valence-electron chi connectivity index (χ4n) is 3.52. The maximum Gasteiger partial charge on any atom is 0.196 e. The molecule has 4 rings (SSSR count). The highest BCUT2D eigenvalue weighted by molar-refractivity contribution is 5.86. The minimum Gasteiger partial charge on any atom is -0.493 e. The summed E-state index contributed by atoms with van der Waals surface area (Å²) in [4.78, 5) is 12.5. The number of aryl methyl sites for hydroxylation is 1. The number of fused-ring (bicyclic) bond motifs is 2. The minimum absolute atomic E-state index is 0.111. The molecular formula is C25H24O5. The lowest BCUT2D eigenvalue weighted by atomic mass is 10.1. The van der Waals surface area contributed by atoms with Crippen LogP contribution < -0.4 is 14.9 Å². The molecule has 0 aliphatic rings. The van der Waals surface area contributed by atoms with Crippen LogP contribution >= 0.6 is 0 Å². The van der Waals surface area contributed by atoms with Gasteiger partial charge in [0.15, 0.2) is 5.43 Å². The topological polar surface area (TPSA) is 68.9 Å². The molecule has 5 heteroatoms. The molecule has 1 N–H and O–H groups in total. The molecule has 5 nitrogen and oxygen atoms in total. The maximum absolute atomic E-state index is 12.5. The molecule has 0 aliphatic carbocycles. The number of benzene rings is 3. The average Bonchev–Trinajstić information content (AvgIpc) is 2.74. The number of aliphatic hydroxyl groups excluding tert-OH is 1. The van der Waals surface area contributed by atoms with Gasteiger partial charge in [-0.2, -0.15) is 0 Å². The zero-order valence-corrected chi connectivity index (χ0v) is 16.9. The Morgan fingerprint density at radius 2 is 1.80 bits per heavy atom. The van der Waals surface area contributed by atoms with E-state index in [1.165, 1.54) is 6.07 Å². The molecule has 0 atom stereocenters. The van der Waals surface area contributed by atoms with Crippen LogP contribution in [0.2, 0.25) is 0 Å². The average molecular weight is 404 g/mol. The Balaban J connectivity index is 1.65. The molecule has 0 fully saturated rings. The molecule has 0 radical (unpaired) electrons. The van der Waals surface area contributed by atoms with Crippen molar-refractivity contribution in [2.45, 2.75) is 26.4 Å². The third kappa shape index (κ3) is 4.31. The molecule has 0 amide bonds. The predicted octanol–water partition coefficient (Wildman–Crippen LogP) is 4.98. The summed E-state index contributed by atoms with van der Waals surface area (Å²) in [5, 5.41) is 11.7. The third-order valence-electron chi connectivity index (χ3n) is 4.98. The summed E-state index contributed by atoms with van der Waals surface area (Å²) in [7, 11) is 0. The second kappa shape index (κ2) is 9.01. The van der Waals surface area contributed by atoms with Gasteiger partial charge in [0.05, 0.1) is 6.61 Å². The van der Waals surface area contributed by atoms with E-state index in [4.69, 9.17) is 19.0 Å². The molecule has 1 heterocycles. The van der Waals surface area contributed by atoms with Crippen molar-refractivity contribution in [1.29, 1.82) is 0 Å². The highest BCUT2D eigenvalue weighted by atomic mass is 16.5. The molecular weight excluding hydrogens is 380 g/mol. The van der Waals surface area contributed by atoms with Gasteiger partial charge in [-0.25, -0.2) is 0 Å². The van der Waals surface area contributed by atoms with Crippen LogP contribution in [0.5, 0.6) is 11.5 Å².